The standard InChI is InChI=1S/C23H33ClN4O2S/c1-22(2,3)14-7-8-15-16(13-14)31-19-17(15)18(25-20(24)26-19)27-9-11-28(12-10-27)21(29)30-23(4,5)6/h14H,7-13H2,1-6H3. The monoisotopic (exact) mass is 464 g/mol. The zero-order valence-electron chi connectivity index (χ0n) is 19.4. The summed E-state index contributed by atoms with van der Waals surface area (Å²) in [5, 5.41) is 1.46. The van der Waals surface area contributed by atoms with Crippen LogP contribution in [-0.4, -0.2) is 52.7 Å². The van der Waals surface area contributed by atoms with Crippen molar-refractivity contribution in [1.82, 2.24) is 14.9 Å². The van der Waals surface area contributed by atoms with Gasteiger partial charge in [0.1, 0.15) is 16.2 Å². The average Bonchev–Trinajstić information content (AvgIpc) is 3.02. The molecule has 2 aliphatic rings. The van der Waals surface area contributed by atoms with Gasteiger partial charge in [-0.05, 0) is 68.5 Å². The molecule has 170 valence electrons. The highest BCUT2D eigenvalue weighted by molar-refractivity contribution is 7.19. The fourth-order valence-corrected chi connectivity index (χ4v) is 6.04. The van der Waals surface area contributed by atoms with E-state index in [-0.39, 0.29) is 6.09 Å². The molecule has 0 spiro atoms. The van der Waals surface area contributed by atoms with Crippen LogP contribution < -0.4 is 4.90 Å². The molecule has 0 saturated carbocycles. The van der Waals surface area contributed by atoms with E-state index in [0.717, 1.165) is 23.5 Å². The van der Waals surface area contributed by atoms with Crippen LogP contribution in [-0.2, 0) is 17.6 Å². The number of aryl methyl sites for hydroxylation is 1. The number of amides is 1. The molecule has 0 bridgehead atoms. The van der Waals surface area contributed by atoms with Gasteiger partial charge in [-0.25, -0.2) is 9.78 Å². The first-order valence-electron chi connectivity index (χ1n) is 11.1. The van der Waals surface area contributed by atoms with Crippen LogP contribution in [0, 0.1) is 11.3 Å². The lowest BCUT2D eigenvalue weighted by Crippen LogP contribution is -2.50. The number of nitrogens with zero attached hydrogens (tertiary/aromatic N) is 4. The zero-order chi connectivity index (χ0) is 22.6. The van der Waals surface area contributed by atoms with Gasteiger partial charge in [0, 0.05) is 31.1 Å². The van der Waals surface area contributed by atoms with Crippen molar-refractivity contribution < 1.29 is 9.53 Å². The van der Waals surface area contributed by atoms with Crippen molar-refractivity contribution in [2.75, 3.05) is 31.1 Å². The second-order valence-electron chi connectivity index (χ2n) is 10.8. The number of carbonyl (C=O) groups is 1. The molecule has 1 atom stereocenters. The number of fused-ring (bicyclic) bond motifs is 3. The van der Waals surface area contributed by atoms with Crippen molar-refractivity contribution in [3.63, 3.8) is 0 Å². The van der Waals surface area contributed by atoms with E-state index in [9.17, 15) is 4.79 Å². The van der Waals surface area contributed by atoms with E-state index in [1.807, 2.05) is 20.8 Å². The van der Waals surface area contributed by atoms with Crippen LogP contribution in [0.15, 0.2) is 0 Å². The highest BCUT2D eigenvalue weighted by atomic mass is 35.5. The summed E-state index contributed by atoms with van der Waals surface area (Å²) in [4.78, 5) is 28.1. The van der Waals surface area contributed by atoms with Gasteiger partial charge in [0.25, 0.3) is 0 Å². The molecule has 0 radical (unpaired) electrons. The first-order valence-corrected chi connectivity index (χ1v) is 12.3. The van der Waals surface area contributed by atoms with Crippen molar-refractivity contribution in [2.45, 2.75) is 66.4 Å². The number of hydrogen-bond acceptors (Lipinski definition) is 6. The highest BCUT2D eigenvalue weighted by Gasteiger charge is 2.33. The SMILES string of the molecule is CC(C)(C)OC(=O)N1CCN(c2nc(Cl)nc3sc4c(c23)CCC(C(C)(C)C)C4)CC1. The number of carbonyl (C=O) groups excluding carboxylic acids is 1. The predicted molar refractivity (Wildman–Crippen MR) is 127 cm³/mol. The third-order valence-electron chi connectivity index (χ3n) is 6.32. The second-order valence-corrected chi connectivity index (χ2v) is 12.2. The molecule has 1 saturated heterocycles. The number of aromatic nitrogens is 2. The number of rotatable bonds is 1. The molecule has 2 aromatic rings. The lowest BCUT2D eigenvalue weighted by molar-refractivity contribution is 0.0240. The van der Waals surface area contributed by atoms with Crippen LogP contribution in [0.3, 0.4) is 0 Å². The van der Waals surface area contributed by atoms with E-state index in [2.05, 4.69) is 35.6 Å². The fourth-order valence-electron chi connectivity index (χ4n) is 4.53. The van der Waals surface area contributed by atoms with E-state index >= 15 is 0 Å². The molecule has 1 amide bonds. The Morgan fingerprint density at radius 3 is 2.39 bits per heavy atom. The van der Waals surface area contributed by atoms with Gasteiger partial charge in [-0.3, -0.25) is 0 Å². The summed E-state index contributed by atoms with van der Waals surface area (Å²) < 4.78 is 5.53. The van der Waals surface area contributed by atoms with Crippen molar-refractivity contribution in [2.24, 2.45) is 11.3 Å². The first-order chi connectivity index (χ1) is 14.4. The van der Waals surface area contributed by atoms with Crippen LogP contribution in [0.5, 0.6) is 0 Å². The van der Waals surface area contributed by atoms with Gasteiger partial charge in [0.15, 0.2) is 0 Å². The molecule has 3 heterocycles. The number of piperazine rings is 1. The molecule has 0 N–H and O–H groups in total. The molecular formula is C23H33ClN4O2S. The molecule has 4 rings (SSSR count). The number of anilines is 1. The summed E-state index contributed by atoms with van der Waals surface area (Å²) >= 11 is 8.11. The summed E-state index contributed by atoms with van der Waals surface area (Å²) in [5.41, 5.74) is 1.22. The smallest absolute Gasteiger partial charge is 0.410 e. The summed E-state index contributed by atoms with van der Waals surface area (Å²) in [7, 11) is 0. The molecule has 6 nitrogen and oxygen atoms in total. The number of thiophene rings is 1. The molecule has 31 heavy (non-hydrogen) atoms. The summed E-state index contributed by atoms with van der Waals surface area (Å²) in [6.45, 7) is 15.3. The Morgan fingerprint density at radius 2 is 1.77 bits per heavy atom. The Labute approximate surface area is 193 Å². The normalized spacial score (nSPS) is 20.2. The van der Waals surface area contributed by atoms with Gasteiger partial charge in [-0.1, -0.05) is 20.8 Å². The van der Waals surface area contributed by atoms with Gasteiger partial charge in [-0.15, -0.1) is 11.3 Å². The van der Waals surface area contributed by atoms with Crippen LogP contribution in [0.4, 0.5) is 10.6 Å². The Hall–Kier alpha value is -1.60. The molecule has 1 fully saturated rings. The largest absolute Gasteiger partial charge is 0.444 e. The Kier molecular flexibility index (Phi) is 5.88. The highest BCUT2D eigenvalue weighted by Crippen LogP contribution is 2.45. The van der Waals surface area contributed by atoms with Crippen molar-refractivity contribution in [3.8, 4) is 0 Å². The third-order valence-corrected chi connectivity index (χ3v) is 7.64. The molecular weight excluding hydrogens is 432 g/mol. The van der Waals surface area contributed by atoms with E-state index < -0.39 is 5.60 Å². The minimum Gasteiger partial charge on any atom is -0.444 e. The van der Waals surface area contributed by atoms with Gasteiger partial charge < -0.3 is 14.5 Å². The summed E-state index contributed by atoms with van der Waals surface area (Å²) in [5.74, 6) is 1.60. The van der Waals surface area contributed by atoms with Crippen molar-refractivity contribution >= 4 is 45.1 Å². The maximum atomic E-state index is 12.4. The minimum absolute atomic E-state index is 0.251. The Morgan fingerprint density at radius 1 is 1.10 bits per heavy atom. The second kappa shape index (κ2) is 8.07. The Balaban J connectivity index is 1.58. The molecule has 1 aliphatic heterocycles. The number of ether oxygens (including phenoxy) is 1. The molecule has 1 aliphatic carbocycles. The van der Waals surface area contributed by atoms with Gasteiger partial charge >= 0.3 is 6.09 Å². The molecule has 0 aromatic carbocycles. The first kappa shape index (κ1) is 22.6. The zero-order valence-corrected chi connectivity index (χ0v) is 21.0. The number of halogens is 1. The van der Waals surface area contributed by atoms with Crippen LogP contribution in [0.2, 0.25) is 5.28 Å². The fraction of sp³-hybridized carbons (Fsp3) is 0.696. The van der Waals surface area contributed by atoms with Gasteiger partial charge in [-0.2, -0.15) is 4.98 Å². The molecule has 2 aromatic heterocycles. The molecule has 8 heteroatoms. The van der Waals surface area contributed by atoms with Crippen molar-refractivity contribution in [1.29, 1.82) is 0 Å². The topological polar surface area (TPSA) is 58.6 Å². The van der Waals surface area contributed by atoms with Gasteiger partial charge in [0.05, 0.1) is 5.39 Å². The quantitative estimate of drug-likeness (QED) is 0.517. The van der Waals surface area contributed by atoms with E-state index in [1.54, 1.807) is 16.2 Å². The third kappa shape index (κ3) is 4.77. The maximum Gasteiger partial charge on any atom is 0.410 e. The lowest BCUT2D eigenvalue weighted by Gasteiger charge is -2.36. The summed E-state index contributed by atoms with van der Waals surface area (Å²) in [6.07, 6.45) is 3.10. The maximum absolute atomic E-state index is 12.4. The van der Waals surface area contributed by atoms with Crippen LogP contribution in [0.1, 0.15) is 58.4 Å². The van der Waals surface area contributed by atoms with Crippen molar-refractivity contribution in [3.05, 3.63) is 15.7 Å². The Bertz CT molecular complexity index is 984. The average molecular weight is 465 g/mol. The minimum atomic E-state index is -0.485. The van der Waals surface area contributed by atoms with Gasteiger partial charge in [0.2, 0.25) is 5.28 Å². The number of hydrogen-bond donors (Lipinski definition) is 0. The molecule has 1 unspecified atom stereocenters. The van der Waals surface area contributed by atoms with E-state index in [4.69, 9.17) is 16.3 Å². The van der Waals surface area contributed by atoms with E-state index in [1.165, 1.54) is 22.2 Å². The van der Waals surface area contributed by atoms with E-state index in [0.29, 0.717) is 42.8 Å². The predicted octanol–water partition coefficient (Wildman–Crippen LogP) is 5.55. The van der Waals surface area contributed by atoms with Crippen LogP contribution >= 0.6 is 22.9 Å². The summed E-state index contributed by atoms with van der Waals surface area (Å²) in [6, 6.07) is 0. The van der Waals surface area contributed by atoms with Crippen LogP contribution in [0.25, 0.3) is 10.2 Å². The lowest BCUT2D eigenvalue weighted by atomic mass is 9.72.